The van der Waals surface area contributed by atoms with Gasteiger partial charge in [-0.3, -0.25) is 4.79 Å². The molecule has 0 spiro atoms. The minimum atomic E-state index is -0.343. The van der Waals surface area contributed by atoms with Gasteiger partial charge in [0.15, 0.2) is 0 Å². The number of aromatic amines is 1. The number of H-pyrrole nitrogens is 1. The molecule has 0 radical (unpaired) electrons. The fraction of sp³-hybridized carbons (Fsp3) is 0.200. The van der Waals surface area contributed by atoms with Crippen molar-refractivity contribution in [1.82, 2.24) is 10.2 Å². The first kappa shape index (κ1) is 7.27. The zero-order valence-corrected chi connectivity index (χ0v) is 6.68. The summed E-state index contributed by atoms with van der Waals surface area (Å²) in [7, 11) is 0. The Morgan fingerprint density at radius 3 is 3.00 bits per heavy atom. The highest BCUT2D eigenvalue weighted by Crippen LogP contribution is 2.00. The highest BCUT2D eigenvalue weighted by Gasteiger charge is 1.95. The van der Waals surface area contributed by atoms with Crippen LogP contribution < -0.4 is 11.3 Å². The highest BCUT2D eigenvalue weighted by atomic mass is 79.9. The van der Waals surface area contributed by atoms with Crippen molar-refractivity contribution in [2.24, 2.45) is 0 Å². The fourth-order valence-corrected chi connectivity index (χ4v) is 0.820. The molecule has 1 aromatic rings. The van der Waals surface area contributed by atoms with Crippen LogP contribution in [0.2, 0.25) is 0 Å². The summed E-state index contributed by atoms with van der Waals surface area (Å²) in [6, 6.07) is 1.54. The largest absolute Gasteiger partial charge is 0.394 e. The molecule has 54 valence electrons. The minimum absolute atomic E-state index is 0.199. The first-order valence-corrected chi connectivity index (χ1v) is 3.76. The lowest BCUT2D eigenvalue weighted by Gasteiger charge is -1.93. The van der Waals surface area contributed by atoms with Gasteiger partial charge < -0.3 is 5.73 Å². The first-order chi connectivity index (χ1) is 4.74. The van der Waals surface area contributed by atoms with Gasteiger partial charge in [0, 0.05) is 5.33 Å². The Kier molecular flexibility index (Phi) is 2.06. The van der Waals surface area contributed by atoms with E-state index in [1.54, 1.807) is 0 Å². The van der Waals surface area contributed by atoms with E-state index in [4.69, 9.17) is 5.73 Å². The van der Waals surface area contributed by atoms with Crippen LogP contribution in [0.5, 0.6) is 0 Å². The number of nitrogens with one attached hydrogen (secondary N) is 1. The molecule has 0 aromatic carbocycles. The van der Waals surface area contributed by atoms with Gasteiger partial charge in [0.2, 0.25) is 0 Å². The standard InChI is InChI=1S/C5H6BrN3O/c6-2-3-1-4(7)5(10)9-8-3/h1H,2H2,(H2,7,8)(H,9,10). The van der Waals surface area contributed by atoms with Crippen LogP contribution in [0.3, 0.4) is 0 Å². The third-order valence-electron chi connectivity index (χ3n) is 1.02. The van der Waals surface area contributed by atoms with E-state index in [9.17, 15) is 4.79 Å². The molecule has 0 unspecified atom stereocenters. The van der Waals surface area contributed by atoms with E-state index in [0.717, 1.165) is 5.69 Å². The molecule has 1 aromatic heterocycles. The summed E-state index contributed by atoms with van der Waals surface area (Å²) in [6.45, 7) is 0. The molecule has 0 saturated carbocycles. The molecule has 0 fully saturated rings. The van der Waals surface area contributed by atoms with Crippen molar-refractivity contribution in [3.8, 4) is 0 Å². The lowest BCUT2D eigenvalue weighted by Crippen LogP contribution is -2.13. The first-order valence-electron chi connectivity index (χ1n) is 2.64. The third-order valence-corrected chi connectivity index (χ3v) is 1.60. The summed E-state index contributed by atoms with van der Waals surface area (Å²) in [5.41, 5.74) is 5.87. The predicted molar refractivity (Wildman–Crippen MR) is 41.9 cm³/mol. The summed E-state index contributed by atoms with van der Waals surface area (Å²) in [5.74, 6) is 0. The molecular formula is C5H6BrN3O. The lowest BCUT2D eigenvalue weighted by molar-refractivity contribution is 0.945. The number of halogens is 1. The Balaban J connectivity index is 3.17. The van der Waals surface area contributed by atoms with Gasteiger partial charge in [-0.05, 0) is 6.07 Å². The summed E-state index contributed by atoms with van der Waals surface area (Å²) in [6.07, 6.45) is 0. The molecule has 0 aliphatic rings. The average molecular weight is 204 g/mol. The van der Waals surface area contributed by atoms with Gasteiger partial charge in [-0.1, -0.05) is 15.9 Å². The number of hydrogen-bond donors (Lipinski definition) is 2. The number of alkyl halides is 1. The van der Waals surface area contributed by atoms with Gasteiger partial charge >= 0.3 is 0 Å². The molecule has 5 heteroatoms. The van der Waals surface area contributed by atoms with Gasteiger partial charge in [0.25, 0.3) is 5.56 Å². The Morgan fingerprint density at radius 2 is 2.50 bits per heavy atom. The van der Waals surface area contributed by atoms with Crippen LogP contribution in [-0.4, -0.2) is 10.2 Å². The molecular weight excluding hydrogens is 198 g/mol. The molecule has 1 heterocycles. The van der Waals surface area contributed by atoms with Gasteiger partial charge in [-0.15, -0.1) is 0 Å². The SMILES string of the molecule is Nc1cc(CBr)n[nH]c1=O. The topological polar surface area (TPSA) is 71.8 Å². The third kappa shape index (κ3) is 1.36. The number of rotatable bonds is 1. The van der Waals surface area contributed by atoms with E-state index in [1.165, 1.54) is 6.07 Å². The van der Waals surface area contributed by atoms with E-state index in [1.807, 2.05) is 0 Å². The number of hydrogen-bond acceptors (Lipinski definition) is 3. The van der Waals surface area contributed by atoms with Crippen LogP contribution in [0, 0.1) is 0 Å². The second kappa shape index (κ2) is 2.83. The Morgan fingerprint density at radius 1 is 1.80 bits per heavy atom. The van der Waals surface area contributed by atoms with Crippen LogP contribution >= 0.6 is 15.9 Å². The average Bonchev–Trinajstić information content (AvgIpc) is 1.95. The van der Waals surface area contributed by atoms with E-state index >= 15 is 0 Å². The van der Waals surface area contributed by atoms with Crippen molar-refractivity contribution in [2.45, 2.75) is 5.33 Å². The van der Waals surface area contributed by atoms with Gasteiger partial charge in [0.05, 0.1) is 5.69 Å². The lowest BCUT2D eigenvalue weighted by atomic mass is 10.4. The van der Waals surface area contributed by atoms with E-state index in [0.29, 0.717) is 5.33 Å². The molecule has 0 aliphatic carbocycles. The number of nitrogens with two attached hydrogens (primary N) is 1. The predicted octanol–water partition coefficient (Wildman–Crippen LogP) is 0.247. The van der Waals surface area contributed by atoms with Crippen molar-refractivity contribution < 1.29 is 0 Å². The molecule has 4 nitrogen and oxygen atoms in total. The summed E-state index contributed by atoms with van der Waals surface area (Å²) in [4.78, 5) is 10.6. The van der Waals surface area contributed by atoms with Crippen LogP contribution in [0.25, 0.3) is 0 Å². The smallest absolute Gasteiger partial charge is 0.287 e. The highest BCUT2D eigenvalue weighted by molar-refractivity contribution is 9.08. The molecule has 10 heavy (non-hydrogen) atoms. The van der Waals surface area contributed by atoms with Crippen LogP contribution in [0.15, 0.2) is 10.9 Å². The van der Waals surface area contributed by atoms with Gasteiger partial charge in [0.1, 0.15) is 5.69 Å². The second-order valence-corrected chi connectivity index (χ2v) is 2.34. The van der Waals surface area contributed by atoms with E-state index < -0.39 is 0 Å². The number of aromatic nitrogens is 2. The molecule has 0 amide bonds. The Labute approximate surface area is 65.6 Å². The summed E-state index contributed by atoms with van der Waals surface area (Å²) in [5, 5.41) is 6.54. The van der Waals surface area contributed by atoms with Crippen LogP contribution in [0.4, 0.5) is 5.69 Å². The van der Waals surface area contributed by atoms with Crippen molar-refractivity contribution in [2.75, 3.05) is 5.73 Å². The fourth-order valence-electron chi connectivity index (χ4n) is 0.533. The van der Waals surface area contributed by atoms with Crippen molar-refractivity contribution in [3.63, 3.8) is 0 Å². The van der Waals surface area contributed by atoms with Crippen molar-refractivity contribution >= 4 is 21.6 Å². The van der Waals surface area contributed by atoms with Crippen molar-refractivity contribution in [1.29, 1.82) is 0 Å². The second-order valence-electron chi connectivity index (χ2n) is 1.78. The summed E-state index contributed by atoms with van der Waals surface area (Å²) < 4.78 is 0. The zero-order valence-electron chi connectivity index (χ0n) is 5.10. The van der Waals surface area contributed by atoms with E-state index in [2.05, 4.69) is 26.1 Å². The summed E-state index contributed by atoms with van der Waals surface area (Å²) >= 11 is 3.18. The van der Waals surface area contributed by atoms with Crippen LogP contribution in [-0.2, 0) is 5.33 Å². The molecule has 0 bridgehead atoms. The maximum absolute atomic E-state index is 10.6. The minimum Gasteiger partial charge on any atom is -0.394 e. The molecule has 3 N–H and O–H groups in total. The maximum atomic E-state index is 10.6. The number of nitrogen functional groups attached to an aromatic ring is 1. The number of nitrogens with zero attached hydrogens (tertiary/aromatic N) is 1. The zero-order chi connectivity index (χ0) is 7.56. The molecule has 0 aliphatic heterocycles. The van der Waals surface area contributed by atoms with E-state index in [-0.39, 0.29) is 11.2 Å². The normalized spacial score (nSPS) is 9.70. The Hall–Kier alpha value is -0.840. The molecule has 0 atom stereocenters. The maximum Gasteiger partial charge on any atom is 0.287 e. The van der Waals surface area contributed by atoms with Crippen molar-refractivity contribution in [3.05, 3.63) is 22.1 Å². The number of anilines is 1. The van der Waals surface area contributed by atoms with Gasteiger partial charge in [-0.25, -0.2) is 5.10 Å². The molecule has 0 saturated heterocycles. The van der Waals surface area contributed by atoms with Gasteiger partial charge in [-0.2, -0.15) is 5.10 Å². The Bertz CT molecular complexity index is 282. The quantitative estimate of drug-likeness (QED) is 0.644. The van der Waals surface area contributed by atoms with Crippen LogP contribution in [0.1, 0.15) is 5.69 Å². The monoisotopic (exact) mass is 203 g/mol. The molecule has 1 rings (SSSR count).